The zero-order valence-corrected chi connectivity index (χ0v) is 35.4. The summed E-state index contributed by atoms with van der Waals surface area (Å²) in [6, 6.07) is 51.1. The van der Waals surface area contributed by atoms with Gasteiger partial charge in [0.1, 0.15) is 0 Å². The Balaban J connectivity index is 1.17. The van der Waals surface area contributed by atoms with E-state index in [-0.39, 0.29) is 6.04 Å². The number of hydrogen-bond acceptors (Lipinski definition) is 1. The molecule has 0 aliphatic heterocycles. The van der Waals surface area contributed by atoms with Crippen LogP contribution in [0.1, 0.15) is 51.2 Å². The first-order chi connectivity index (χ1) is 30.1. The highest BCUT2D eigenvalue weighted by atomic mass is 15.2. The van der Waals surface area contributed by atoms with Crippen molar-refractivity contribution < 1.29 is 0 Å². The standard InChI is InChI=1S/C59H52N2/c1-4-6-9-20-44-39-56(59-55-31-16-17-32-57(55)61(58(59)40-44)52-28-12-8-13-29-52)51-27-19-30-54(42-51)60(43(3)33-34-47-24-15-14-21-45(47)5-2)53-37-35-48(36-38-53)50-26-18-25-49(41-50)46-22-10-7-11-23-46/h4-7,9-12,14-37,39-42,53H,8,13,38H2,1-3H3/b6-4-,20-9-,43-33+,45-5-,47-34-. The molecule has 2 nitrogen and oxygen atoms in total. The number of benzene rings is 6. The van der Waals surface area contributed by atoms with E-state index in [9.17, 15) is 0 Å². The lowest BCUT2D eigenvalue weighted by Crippen LogP contribution is -2.33. The molecule has 1 unspecified atom stereocenters. The van der Waals surface area contributed by atoms with Gasteiger partial charge in [0.05, 0.1) is 17.1 Å². The van der Waals surface area contributed by atoms with Gasteiger partial charge in [-0.05, 0) is 138 Å². The first-order valence-corrected chi connectivity index (χ1v) is 21.7. The Morgan fingerprint density at radius 1 is 0.656 bits per heavy atom. The van der Waals surface area contributed by atoms with Crippen LogP contribution in [0.4, 0.5) is 5.69 Å². The summed E-state index contributed by atoms with van der Waals surface area (Å²) in [5, 5.41) is 4.98. The summed E-state index contributed by atoms with van der Waals surface area (Å²) in [6.45, 7) is 6.42. The van der Waals surface area contributed by atoms with E-state index in [1.54, 1.807) is 0 Å². The van der Waals surface area contributed by atoms with E-state index in [0.29, 0.717) is 0 Å². The summed E-state index contributed by atoms with van der Waals surface area (Å²) in [5.74, 6) is 0. The lowest BCUT2D eigenvalue weighted by Gasteiger charge is -2.34. The van der Waals surface area contributed by atoms with E-state index >= 15 is 0 Å². The van der Waals surface area contributed by atoms with Gasteiger partial charge in [0, 0.05) is 27.9 Å². The van der Waals surface area contributed by atoms with Crippen molar-refractivity contribution in [2.24, 2.45) is 0 Å². The molecule has 298 valence electrons. The zero-order chi connectivity index (χ0) is 41.5. The predicted octanol–water partition coefficient (Wildman–Crippen LogP) is 14.3. The van der Waals surface area contributed by atoms with Crippen molar-refractivity contribution >= 4 is 57.0 Å². The van der Waals surface area contributed by atoms with E-state index in [0.717, 1.165) is 24.9 Å². The number of hydrogen-bond donors (Lipinski definition) is 0. The SMILES string of the molecule is C/C=C\C=C/c1cc(-c2cccc(N(/C(C)=C/C=c3/cccc/c3=C/C)C3C=CC(c4cccc(-c5ccccc5)c4)=CC3)c2)c2c3ccccc3n(C3=CCCC=C3)c2c1. The van der Waals surface area contributed by atoms with Crippen LogP contribution in [0, 0.1) is 0 Å². The lowest BCUT2D eigenvalue weighted by atomic mass is 9.93. The largest absolute Gasteiger partial charge is 0.338 e. The highest BCUT2D eigenvalue weighted by Gasteiger charge is 2.23. The fourth-order valence-electron chi connectivity index (χ4n) is 8.98. The highest BCUT2D eigenvalue weighted by Crippen LogP contribution is 2.42. The lowest BCUT2D eigenvalue weighted by molar-refractivity contribution is 0.755. The molecular weight excluding hydrogens is 737 g/mol. The molecule has 0 radical (unpaired) electrons. The van der Waals surface area contributed by atoms with Crippen molar-refractivity contribution in [2.75, 3.05) is 4.90 Å². The molecule has 0 bridgehead atoms. The Morgan fingerprint density at radius 2 is 1.43 bits per heavy atom. The Bertz CT molecular complexity index is 3090. The molecule has 9 rings (SSSR count). The fraction of sp³-hybridized carbons (Fsp3) is 0.119. The average Bonchev–Trinajstić information content (AvgIpc) is 3.66. The molecular formula is C59H52N2. The topological polar surface area (TPSA) is 8.17 Å². The maximum Gasteiger partial charge on any atom is 0.0557 e. The van der Waals surface area contributed by atoms with Gasteiger partial charge in [-0.15, -0.1) is 0 Å². The molecule has 61 heavy (non-hydrogen) atoms. The van der Waals surface area contributed by atoms with Gasteiger partial charge in [0.25, 0.3) is 0 Å². The minimum atomic E-state index is 0.121. The molecule has 0 amide bonds. The van der Waals surface area contributed by atoms with Crippen LogP contribution in [0.2, 0.25) is 0 Å². The van der Waals surface area contributed by atoms with Crippen LogP contribution in [0.15, 0.2) is 206 Å². The Labute approximate surface area is 360 Å². The van der Waals surface area contributed by atoms with Crippen LogP contribution in [0.25, 0.3) is 73.6 Å². The summed E-state index contributed by atoms with van der Waals surface area (Å²) in [6.07, 6.45) is 32.4. The zero-order valence-electron chi connectivity index (χ0n) is 35.4. The molecule has 0 fully saturated rings. The molecule has 1 aromatic heterocycles. The minimum absolute atomic E-state index is 0.121. The number of nitrogens with zero attached hydrogens (tertiary/aromatic N) is 2. The highest BCUT2D eigenvalue weighted by molar-refractivity contribution is 6.17. The van der Waals surface area contributed by atoms with E-state index in [1.165, 1.54) is 82.6 Å². The number of fused-ring (bicyclic) bond motifs is 3. The van der Waals surface area contributed by atoms with Gasteiger partial charge in [-0.1, -0.05) is 170 Å². The first kappa shape index (κ1) is 39.3. The molecule has 1 atom stereocenters. The molecule has 6 aromatic carbocycles. The maximum absolute atomic E-state index is 2.52. The summed E-state index contributed by atoms with van der Waals surface area (Å²) < 4.78 is 2.47. The van der Waals surface area contributed by atoms with E-state index in [1.807, 2.05) is 0 Å². The molecule has 1 heterocycles. The van der Waals surface area contributed by atoms with E-state index in [2.05, 4.69) is 249 Å². The third kappa shape index (κ3) is 8.23. The Morgan fingerprint density at radius 3 is 2.23 bits per heavy atom. The van der Waals surface area contributed by atoms with Crippen molar-refractivity contribution in [2.45, 2.75) is 46.1 Å². The third-order valence-electron chi connectivity index (χ3n) is 12.0. The van der Waals surface area contributed by atoms with Crippen molar-refractivity contribution in [3.05, 3.63) is 228 Å². The van der Waals surface area contributed by atoms with Gasteiger partial charge >= 0.3 is 0 Å². The van der Waals surface area contributed by atoms with Crippen molar-refractivity contribution in [3.8, 4) is 22.3 Å². The molecule has 2 aliphatic rings. The summed E-state index contributed by atoms with van der Waals surface area (Å²) in [7, 11) is 0. The van der Waals surface area contributed by atoms with Gasteiger partial charge in [0.2, 0.25) is 0 Å². The predicted molar refractivity (Wildman–Crippen MR) is 265 cm³/mol. The van der Waals surface area contributed by atoms with Gasteiger partial charge in [0.15, 0.2) is 0 Å². The fourth-order valence-corrected chi connectivity index (χ4v) is 8.98. The molecule has 2 heteroatoms. The van der Waals surface area contributed by atoms with Crippen molar-refractivity contribution in [1.29, 1.82) is 0 Å². The van der Waals surface area contributed by atoms with Gasteiger partial charge in [-0.2, -0.15) is 0 Å². The van der Waals surface area contributed by atoms with Crippen LogP contribution in [0.5, 0.6) is 0 Å². The van der Waals surface area contributed by atoms with E-state index in [4.69, 9.17) is 0 Å². The quantitative estimate of drug-likeness (QED) is 0.125. The van der Waals surface area contributed by atoms with Gasteiger partial charge < -0.3 is 9.47 Å². The number of anilines is 1. The number of aromatic nitrogens is 1. The second-order valence-electron chi connectivity index (χ2n) is 15.9. The van der Waals surface area contributed by atoms with Gasteiger partial charge in [-0.3, -0.25) is 0 Å². The molecule has 0 N–H and O–H groups in total. The first-order valence-electron chi connectivity index (χ1n) is 21.7. The van der Waals surface area contributed by atoms with Crippen molar-refractivity contribution in [3.63, 3.8) is 0 Å². The van der Waals surface area contributed by atoms with Crippen molar-refractivity contribution in [1.82, 2.24) is 4.57 Å². The molecule has 2 aliphatic carbocycles. The average molecular weight is 789 g/mol. The van der Waals surface area contributed by atoms with Crippen LogP contribution >= 0.6 is 0 Å². The number of rotatable bonds is 10. The summed E-state index contributed by atoms with van der Waals surface area (Å²) in [5.41, 5.74) is 14.6. The normalized spacial score (nSPS) is 16.3. The molecule has 7 aromatic rings. The maximum atomic E-state index is 2.52. The Hall–Kier alpha value is -7.16. The van der Waals surface area contributed by atoms with Crippen LogP contribution in [-0.2, 0) is 0 Å². The second-order valence-corrected chi connectivity index (χ2v) is 15.9. The van der Waals surface area contributed by atoms with Crippen LogP contribution < -0.4 is 15.3 Å². The molecule has 0 saturated carbocycles. The van der Waals surface area contributed by atoms with Crippen LogP contribution in [-0.4, -0.2) is 10.6 Å². The molecule has 0 spiro atoms. The van der Waals surface area contributed by atoms with E-state index < -0.39 is 0 Å². The summed E-state index contributed by atoms with van der Waals surface area (Å²) in [4.78, 5) is 2.52. The summed E-state index contributed by atoms with van der Waals surface area (Å²) >= 11 is 0. The third-order valence-corrected chi connectivity index (χ3v) is 12.0. The minimum Gasteiger partial charge on any atom is -0.338 e. The van der Waals surface area contributed by atoms with Crippen LogP contribution in [0.3, 0.4) is 0 Å². The van der Waals surface area contributed by atoms with Gasteiger partial charge in [-0.25, -0.2) is 0 Å². The number of allylic oxidation sites excluding steroid dienone is 11. The second kappa shape index (κ2) is 18.0. The smallest absolute Gasteiger partial charge is 0.0557 e. The monoisotopic (exact) mass is 788 g/mol. The molecule has 0 saturated heterocycles. The number of para-hydroxylation sites is 1. The Kier molecular flexibility index (Phi) is 11.6.